The Hall–Kier alpha value is -2.62. The predicted molar refractivity (Wildman–Crippen MR) is 108 cm³/mol. The van der Waals surface area contributed by atoms with Crippen LogP contribution in [0.5, 0.6) is 0 Å². The fourth-order valence-corrected chi connectivity index (χ4v) is 2.66. The number of anilines is 2. The molecule has 0 saturated heterocycles. The van der Waals surface area contributed by atoms with Crippen LogP contribution in [0.4, 0.5) is 11.4 Å². The Morgan fingerprint density at radius 3 is 1.38 bits per heavy atom. The molecule has 0 aromatic heterocycles. The summed E-state index contributed by atoms with van der Waals surface area (Å²) in [4.78, 5) is 24.0. The smallest absolute Gasteiger partial charge is 0.224 e. The normalized spacial score (nSPS) is 10.5. The van der Waals surface area contributed by atoms with E-state index in [1.165, 1.54) is 11.1 Å². The number of carbonyl (C=O) groups is 2. The molecule has 2 N–H and O–H groups in total. The molecule has 0 heterocycles. The number of benzene rings is 2. The van der Waals surface area contributed by atoms with E-state index in [9.17, 15) is 9.59 Å². The Kier molecular flexibility index (Phi) is 6.96. The molecule has 0 atom stereocenters. The van der Waals surface area contributed by atoms with Gasteiger partial charge in [0.15, 0.2) is 0 Å². The van der Waals surface area contributed by atoms with Crippen molar-refractivity contribution in [1.82, 2.24) is 0 Å². The van der Waals surface area contributed by atoms with E-state index in [1.54, 1.807) is 0 Å². The van der Waals surface area contributed by atoms with Gasteiger partial charge in [-0.2, -0.15) is 0 Å². The molecule has 0 fully saturated rings. The first-order valence-electron chi connectivity index (χ1n) is 9.09. The average molecular weight is 352 g/mol. The molecule has 0 unspecified atom stereocenters. The Morgan fingerprint density at radius 1 is 0.654 bits per heavy atom. The van der Waals surface area contributed by atoms with Crippen LogP contribution in [0.1, 0.15) is 47.9 Å². The van der Waals surface area contributed by atoms with Crippen LogP contribution in [0.2, 0.25) is 0 Å². The minimum absolute atomic E-state index is 0.0113. The highest BCUT2D eigenvalue weighted by molar-refractivity contribution is 5.91. The highest BCUT2D eigenvalue weighted by Crippen LogP contribution is 2.16. The maximum atomic E-state index is 12.0. The van der Waals surface area contributed by atoms with E-state index < -0.39 is 0 Å². The molecule has 0 aliphatic rings. The van der Waals surface area contributed by atoms with E-state index in [2.05, 4.69) is 10.6 Å². The highest BCUT2D eigenvalue weighted by Gasteiger charge is 2.06. The van der Waals surface area contributed by atoms with Crippen molar-refractivity contribution in [2.24, 2.45) is 0 Å². The van der Waals surface area contributed by atoms with Gasteiger partial charge >= 0.3 is 0 Å². The molecule has 0 aliphatic carbocycles. The lowest BCUT2D eigenvalue weighted by Crippen LogP contribution is -2.13. The Balaban J connectivity index is 1.68. The SMILES string of the molecule is Cc1ccc(NC(=O)CCCCC(=O)Nc2ccc(C)c(C)c2)cc1C. The molecule has 4 heteroatoms. The van der Waals surface area contributed by atoms with Crippen molar-refractivity contribution in [1.29, 1.82) is 0 Å². The molecule has 0 aliphatic heterocycles. The summed E-state index contributed by atoms with van der Waals surface area (Å²) in [6, 6.07) is 11.8. The second-order valence-electron chi connectivity index (χ2n) is 6.90. The number of nitrogens with one attached hydrogen (secondary N) is 2. The van der Waals surface area contributed by atoms with Crippen molar-refractivity contribution in [3.05, 3.63) is 58.7 Å². The van der Waals surface area contributed by atoms with Gasteiger partial charge in [-0.3, -0.25) is 9.59 Å². The van der Waals surface area contributed by atoms with Crippen LogP contribution in [0.25, 0.3) is 0 Å². The van der Waals surface area contributed by atoms with Crippen LogP contribution < -0.4 is 10.6 Å². The predicted octanol–water partition coefficient (Wildman–Crippen LogP) is 5.06. The van der Waals surface area contributed by atoms with Crippen molar-refractivity contribution >= 4 is 23.2 Å². The maximum Gasteiger partial charge on any atom is 0.224 e. The molecule has 138 valence electrons. The third-order valence-corrected chi connectivity index (χ3v) is 4.64. The van der Waals surface area contributed by atoms with Crippen LogP contribution in [0.3, 0.4) is 0 Å². The van der Waals surface area contributed by atoms with Crippen molar-refractivity contribution < 1.29 is 9.59 Å². The fourth-order valence-electron chi connectivity index (χ4n) is 2.66. The minimum atomic E-state index is -0.0113. The van der Waals surface area contributed by atoms with Crippen LogP contribution >= 0.6 is 0 Å². The number of amides is 2. The third-order valence-electron chi connectivity index (χ3n) is 4.64. The van der Waals surface area contributed by atoms with Crippen molar-refractivity contribution in [2.45, 2.75) is 53.4 Å². The van der Waals surface area contributed by atoms with E-state index in [1.807, 2.05) is 64.1 Å². The third kappa shape index (κ3) is 6.03. The summed E-state index contributed by atoms with van der Waals surface area (Å²) in [7, 11) is 0. The van der Waals surface area contributed by atoms with Crippen LogP contribution in [-0.2, 0) is 9.59 Å². The van der Waals surface area contributed by atoms with Crippen molar-refractivity contribution in [2.75, 3.05) is 10.6 Å². The lowest BCUT2D eigenvalue weighted by molar-refractivity contribution is -0.118. The molecule has 2 aromatic carbocycles. The summed E-state index contributed by atoms with van der Waals surface area (Å²) in [6.45, 7) is 8.14. The zero-order valence-electron chi connectivity index (χ0n) is 16.1. The first-order chi connectivity index (χ1) is 12.3. The van der Waals surface area contributed by atoms with Gasteiger partial charge in [0.2, 0.25) is 11.8 Å². The van der Waals surface area contributed by atoms with Crippen LogP contribution in [0.15, 0.2) is 36.4 Å². The zero-order valence-corrected chi connectivity index (χ0v) is 16.1. The molecular formula is C22H28N2O2. The first kappa shape index (κ1) is 19.7. The van der Waals surface area contributed by atoms with Gasteiger partial charge < -0.3 is 10.6 Å². The molecule has 0 saturated carbocycles. The average Bonchev–Trinajstić information content (AvgIpc) is 2.58. The minimum Gasteiger partial charge on any atom is -0.326 e. The summed E-state index contributed by atoms with van der Waals surface area (Å²) in [5, 5.41) is 5.82. The number of hydrogen-bond donors (Lipinski definition) is 2. The second-order valence-corrected chi connectivity index (χ2v) is 6.90. The van der Waals surface area contributed by atoms with E-state index >= 15 is 0 Å². The summed E-state index contributed by atoms with van der Waals surface area (Å²) >= 11 is 0. The quantitative estimate of drug-likeness (QED) is 0.684. The molecule has 0 spiro atoms. The number of aryl methyl sites for hydroxylation is 4. The summed E-state index contributed by atoms with van der Waals surface area (Å²) in [5.74, 6) is -0.0226. The van der Waals surface area contributed by atoms with Crippen LogP contribution in [0, 0.1) is 27.7 Å². The van der Waals surface area contributed by atoms with E-state index in [0.29, 0.717) is 25.7 Å². The molecule has 2 aromatic rings. The molecule has 0 bridgehead atoms. The standard InChI is InChI=1S/C22H28N2O2/c1-15-9-11-19(13-17(15)3)23-21(25)7-5-6-8-22(26)24-20-12-10-16(2)18(4)14-20/h9-14H,5-8H2,1-4H3,(H,23,25)(H,24,26). The van der Waals surface area contributed by atoms with Crippen molar-refractivity contribution in [3.8, 4) is 0 Å². The van der Waals surface area contributed by atoms with Gasteiger partial charge in [-0.05, 0) is 87.1 Å². The Bertz CT molecular complexity index is 729. The van der Waals surface area contributed by atoms with Gasteiger partial charge in [-0.15, -0.1) is 0 Å². The lowest BCUT2D eigenvalue weighted by atomic mass is 10.1. The monoisotopic (exact) mass is 352 g/mol. The number of rotatable bonds is 7. The van der Waals surface area contributed by atoms with Gasteiger partial charge in [0, 0.05) is 24.2 Å². The zero-order chi connectivity index (χ0) is 19.1. The van der Waals surface area contributed by atoms with Gasteiger partial charge in [0.25, 0.3) is 0 Å². The van der Waals surface area contributed by atoms with Crippen molar-refractivity contribution in [3.63, 3.8) is 0 Å². The topological polar surface area (TPSA) is 58.2 Å². The molecule has 4 nitrogen and oxygen atoms in total. The number of carbonyl (C=O) groups excluding carboxylic acids is 2. The van der Waals surface area contributed by atoms with E-state index in [4.69, 9.17) is 0 Å². The molecule has 26 heavy (non-hydrogen) atoms. The summed E-state index contributed by atoms with van der Waals surface area (Å²) < 4.78 is 0. The molecule has 2 amide bonds. The van der Waals surface area contributed by atoms with Gasteiger partial charge in [-0.1, -0.05) is 12.1 Å². The Labute approximate surface area is 156 Å². The number of hydrogen-bond acceptors (Lipinski definition) is 2. The maximum absolute atomic E-state index is 12.0. The molecule has 2 rings (SSSR count). The van der Waals surface area contributed by atoms with Gasteiger partial charge in [0.05, 0.1) is 0 Å². The Morgan fingerprint density at radius 2 is 1.04 bits per heavy atom. The van der Waals surface area contributed by atoms with Crippen LogP contribution in [-0.4, -0.2) is 11.8 Å². The second kappa shape index (κ2) is 9.18. The number of unbranched alkanes of at least 4 members (excludes halogenated alkanes) is 1. The first-order valence-corrected chi connectivity index (χ1v) is 9.09. The van der Waals surface area contributed by atoms with E-state index in [0.717, 1.165) is 22.5 Å². The lowest BCUT2D eigenvalue weighted by Gasteiger charge is -2.09. The van der Waals surface area contributed by atoms with Gasteiger partial charge in [0.1, 0.15) is 0 Å². The van der Waals surface area contributed by atoms with E-state index in [-0.39, 0.29) is 11.8 Å². The summed E-state index contributed by atoms with van der Waals surface area (Å²) in [6.07, 6.45) is 2.22. The fraction of sp³-hybridized carbons (Fsp3) is 0.364. The largest absolute Gasteiger partial charge is 0.326 e. The van der Waals surface area contributed by atoms with Gasteiger partial charge in [-0.25, -0.2) is 0 Å². The molecular weight excluding hydrogens is 324 g/mol. The highest BCUT2D eigenvalue weighted by atomic mass is 16.2. The summed E-state index contributed by atoms with van der Waals surface area (Å²) in [5.41, 5.74) is 6.38. The molecule has 0 radical (unpaired) electrons.